The first-order valence-electron chi connectivity index (χ1n) is 10.5. The first kappa shape index (κ1) is 18.8. The highest BCUT2D eigenvalue weighted by molar-refractivity contribution is 6.31. The van der Waals surface area contributed by atoms with Gasteiger partial charge in [0.05, 0.1) is 6.10 Å². The van der Waals surface area contributed by atoms with Crippen molar-refractivity contribution in [2.75, 3.05) is 11.9 Å². The first-order chi connectivity index (χ1) is 14.1. The molecule has 2 aromatic heterocycles. The molecule has 6 nitrogen and oxygen atoms in total. The van der Waals surface area contributed by atoms with Crippen molar-refractivity contribution in [3.8, 4) is 0 Å². The summed E-state index contributed by atoms with van der Waals surface area (Å²) in [5, 5.41) is 16.1. The molecule has 2 aliphatic rings. The van der Waals surface area contributed by atoms with Crippen LogP contribution in [0.2, 0.25) is 5.02 Å². The van der Waals surface area contributed by atoms with Crippen LogP contribution in [0.1, 0.15) is 51.0 Å². The van der Waals surface area contributed by atoms with Gasteiger partial charge in [-0.05, 0) is 55.5 Å². The maximum absolute atomic E-state index is 13.5. The van der Waals surface area contributed by atoms with Gasteiger partial charge in [-0.25, -0.2) is 4.98 Å². The fourth-order valence-corrected chi connectivity index (χ4v) is 4.61. The number of halogens is 1. The molecule has 2 fully saturated rings. The number of pyridine rings is 1. The Labute approximate surface area is 173 Å². The van der Waals surface area contributed by atoms with Crippen LogP contribution in [0.15, 0.2) is 29.2 Å². The molecule has 0 aliphatic heterocycles. The van der Waals surface area contributed by atoms with E-state index in [9.17, 15) is 9.90 Å². The predicted octanol–water partition coefficient (Wildman–Crippen LogP) is 4.29. The molecule has 2 heterocycles. The lowest BCUT2D eigenvalue weighted by molar-refractivity contribution is 0.111. The third-order valence-corrected chi connectivity index (χ3v) is 6.52. The molecule has 0 spiro atoms. The van der Waals surface area contributed by atoms with Gasteiger partial charge in [0, 0.05) is 34.6 Å². The molecule has 29 heavy (non-hydrogen) atoms. The van der Waals surface area contributed by atoms with Crippen LogP contribution >= 0.6 is 11.6 Å². The largest absolute Gasteiger partial charge is 0.393 e. The van der Waals surface area contributed by atoms with Crippen LogP contribution in [0.3, 0.4) is 0 Å². The van der Waals surface area contributed by atoms with E-state index in [2.05, 4.69) is 10.3 Å². The topological polar surface area (TPSA) is 80.0 Å². The molecule has 5 rings (SSSR count). The van der Waals surface area contributed by atoms with Crippen LogP contribution in [-0.4, -0.2) is 32.3 Å². The maximum atomic E-state index is 13.5. The molecule has 2 N–H and O–H groups in total. The van der Waals surface area contributed by atoms with Crippen molar-refractivity contribution in [3.63, 3.8) is 0 Å². The number of aromatic nitrogens is 3. The predicted molar refractivity (Wildman–Crippen MR) is 116 cm³/mol. The SMILES string of the molecule is O=c1c2cc(Cl)ccc2c2cnc(NCCC3CC3)nc2n1[C@H]1CC[C@H](O)CC1. The molecule has 0 saturated heterocycles. The molecule has 2 aliphatic carbocycles. The summed E-state index contributed by atoms with van der Waals surface area (Å²) < 4.78 is 1.81. The minimum Gasteiger partial charge on any atom is -0.393 e. The van der Waals surface area contributed by atoms with Gasteiger partial charge in [-0.1, -0.05) is 30.5 Å². The monoisotopic (exact) mass is 412 g/mol. The molecule has 2 saturated carbocycles. The Morgan fingerprint density at radius 3 is 2.66 bits per heavy atom. The van der Waals surface area contributed by atoms with Gasteiger partial charge in [0.25, 0.3) is 5.56 Å². The van der Waals surface area contributed by atoms with E-state index in [1.54, 1.807) is 12.1 Å². The van der Waals surface area contributed by atoms with E-state index in [1.165, 1.54) is 12.8 Å². The number of anilines is 1. The van der Waals surface area contributed by atoms with Crippen molar-refractivity contribution in [3.05, 3.63) is 39.8 Å². The lowest BCUT2D eigenvalue weighted by Crippen LogP contribution is -2.30. The quantitative estimate of drug-likeness (QED) is 0.611. The number of aliphatic hydroxyl groups excluding tert-OH is 1. The Hall–Kier alpha value is -2.18. The third-order valence-electron chi connectivity index (χ3n) is 6.28. The highest BCUT2D eigenvalue weighted by Crippen LogP contribution is 2.33. The van der Waals surface area contributed by atoms with Crippen LogP contribution in [0.5, 0.6) is 0 Å². The Morgan fingerprint density at radius 1 is 1.10 bits per heavy atom. The summed E-state index contributed by atoms with van der Waals surface area (Å²) in [4.78, 5) is 22.7. The molecule has 0 radical (unpaired) electrons. The van der Waals surface area contributed by atoms with Gasteiger partial charge in [-0.2, -0.15) is 4.98 Å². The van der Waals surface area contributed by atoms with Gasteiger partial charge in [0.2, 0.25) is 5.95 Å². The summed E-state index contributed by atoms with van der Waals surface area (Å²) in [6, 6.07) is 5.42. The summed E-state index contributed by atoms with van der Waals surface area (Å²) in [6.45, 7) is 0.846. The van der Waals surface area contributed by atoms with Crippen LogP contribution in [0, 0.1) is 5.92 Å². The van der Waals surface area contributed by atoms with Crippen LogP contribution in [0.25, 0.3) is 21.8 Å². The summed E-state index contributed by atoms with van der Waals surface area (Å²) >= 11 is 6.19. The number of nitrogens with one attached hydrogen (secondary N) is 1. The number of benzene rings is 1. The van der Waals surface area contributed by atoms with Gasteiger partial charge in [-0.3, -0.25) is 9.36 Å². The van der Waals surface area contributed by atoms with E-state index < -0.39 is 0 Å². The highest BCUT2D eigenvalue weighted by Gasteiger charge is 2.25. The lowest BCUT2D eigenvalue weighted by Gasteiger charge is -2.28. The van der Waals surface area contributed by atoms with Gasteiger partial charge in [-0.15, -0.1) is 0 Å². The van der Waals surface area contributed by atoms with E-state index in [0.717, 1.165) is 42.5 Å². The molecule has 152 valence electrons. The van der Waals surface area contributed by atoms with Gasteiger partial charge >= 0.3 is 0 Å². The Kier molecular flexibility index (Phi) is 4.92. The van der Waals surface area contributed by atoms with Crippen molar-refractivity contribution >= 4 is 39.4 Å². The first-order valence-corrected chi connectivity index (χ1v) is 10.9. The Bertz CT molecular complexity index is 1120. The van der Waals surface area contributed by atoms with Crippen LogP contribution in [-0.2, 0) is 0 Å². The second kappa shape index (κ2) is 7.58. The van der Waals surface area contributed by atoms with Crippen LogP contribution in [0.4, 0.5) is 5.95 Å². The van der Waals surface area contributed by atoms with Gasteiger partial charge in [0.15, 0.2) is 0 Å². The zero-order valence-electron chi connectivity index (χ0n) is 16.3. The number of aliphatic hydroxyl groups is 1. The zero-order chi connectivity index (χ0) is 20.0. The smallest absolute Gasteiger partial charge is 0.260 e. The second-order valence-electron chi connectivity index (χ2n) is 8.42. The molecule has 1 aromatic carbocycles. The van der Waals surface area contributed by atoms with Crippen molar-refractivity contribution in [1.82, 2.24) is 14.5 Å². The average Bonchev–Trinajstić information content (AvgIpc) is 3.54. The van der Waals surface area contributed by atoms with E-state index in [4.69, 9.17) is 16.6 Å². The lowest BCUT2D eigenvalue weighted by atomic mass is 9.92. The van der Waals surface area contributed by atoms with E-state index in [1.807, 2.05) is 16.8 Å². The third kappa shape index (κ3) is 3.71. The van der Waals surface area contributed by atoms with Crippen LogP contribution < -0.4 is 10.9 Å². The van der Waals surface area contributed by atoms with Gasteiger partial charge in [0.1, 0.15) is 5.65 Å². The minimum absolute atomic E-state index is 0.0194. The fraction of sp³-hybridized carbons (Fsp3) is 0.500. The normalized spacial score (nSPS) is 22.3. The zero-order valence-corrected chi connectivity index (χ0v) is 17.0. The minimum atomic E-state index is -0.280. The van der Waals surface area contributed by atoms with E-state index in [-0.39, 0.29) is 17.7 Å². The number of hydrogen-bond acceptors (Lipinski definition) is 5. The van der Waals surface area contributed by atoms with Gasteiger partial charge < -0.3 is 10.4 Å². The number of rotatable bonds is 5. The molecule has 0 atom stereocenters. The highest BCUT2D eigenvalue weighted by atomic mass is 35.5. The Morgan fingerprint density at radius 2 is 1.90 bits per heavy atom. The number of fused-ring (bicyclic) bond motifs is 3. The van der Waals surface area contributed by atoms with Crippen molar-refractivity contribution in [2.45, 2.75) is 57.1 Å². The van der Waals surface area contributed by atoms with E-state index >= 15 is 0 Å². The fourth-order valence-electron chi connectivity index (χ4n) is 4.44. The summed E-state index contributed by atoms with van der Waals surface area (Å²) in [6.07, 6.45) is 8.22. The molecule has 0 bridgehead atoms. The number of hydrogen-bond donors (Lipinski definition) is 2. The second-order valence-corrected chi connectivity index (χ2v) is 8.85. The van der Waals surface area contributed by atoms with Crippen molar-refractivity contribution in [1.29, 1.82) is 0 Å². The maximum Gasteiger partial charge on any atom is 0.260 e. The summed E-state index contributed by atoms with van der Waals surface area (Å²) in [7, 11) is 0. The Balaban J connectivity index is 1.64. The standard InChI is InChI=1S/C22H25ClN4O2/c23-14-3-8-17-18(11-14)21(29)27(15-4-6-16(28)7-5-15)20-19(17)12-25-22(26-20)24-10-9-13-1-2-13/h3,8,11-13,15-16,28H,1-2,4-7,9-10H2,(H,24,25,26)/t15-,16-. The average molecular weight is 413 g/mol. The van der Waals surface area contributed by atoms with E-state index in [0.29, 0.717) is 34.8 Å². The molecule has 3 aromatic rings. The number of nitrogens with zero attached hydrogens (tertiary/aromatic N) is 3. The molecular formula is C22H25ClN4O2. The van der Waals surface area contributed by atoms with Crippen molar-refractivity contribution < 1.29 is 5.11 Å². The van der Waals surface area contributed by atoms with Crippen molar-refractivity contribution in [2.24, 2.45) is 5.92 Å². The summed E-state index contributed by atoms with van der Waals surface area (Å²) in [5.41, 5.74) is 0.592. The molecule has 7 heteroatoms. The molecule has 0 amide bonds. The summed E-state index contributed by atoms with van der Waals surface area (Å²) in [5.74, 6) is 1.40. The molecular weight excluding hydrogens is 388 g/mol. The molecule has 0 unspecified atom stereocenters.